The normalized spacial score (nSPS) is 15.9. The molecule has 1 aliphatic rings. The van der Waals surface area contributed by atoms with Crippen LogP contribution in [0.25, 0.3) is 11.0 Å². The van der Waals surface area contributed by atoms with Crippen LogP contribution in [0.15, 0.2) is 48.5 Å². The van der Waals surface area contributed by atoms with E-state index >= 15 is 0 Å². The molecule has 7 nitrogen and oxygen atoms in total. The van der Waals surface area contributed by atoms with Gasteiger partial charge < -0.3 is 14.5 Å². The van der Waals surface area contributed by atoms with Crippen molar-refractivity contribution in [1.82, 2.24) is 20.1 Å². The maximum Gasteiger partial charge on any atom is 0.365 e. The zero-order valence-electron chi connectivity index (χ0n) is 14.5. The number of rotatable bonds is 4. The zero-order chi connectivity index (χ0) is 17.9. The molecule has 1 aromatic heterocycles. The molecule has 0 unspecified atom stereocenters. The molecule has 4 rings (SSSR count). The fourth-order valence-corrected chi connectivity index (χ4v) is 3.05. The highest BCUT2D eigenvalue weighted by atomic mass is 16.7. The number of fused-ring (bicyclic) bond motifs is 1. The summed E-state index contributed by atoms with van der Waals surface area (Å²) >= 11 is 0. The van der Waals surface area contributed by atoms with Gasteiger partial charge in [0, 0.05) is 13.1 Å². The predicted octanol–water partition coefficient (Wildman–Crippen LogP) is 2.17. The molecule has 7 heteroatoms. The van der Waals surface area contributed by atoms with Crippen molar-refractivity contribution < 1.29 is 14.4 Å². The third-order valence-corrected chi connectivity index (χ3v) is 4.55. The molecule has 1 saturated heterocycles. The number of benzene rings is 2. The highest BCUT2D eigenvalue weighted by Gasteiger charge is 2.21. The lowest BCUT2D eigenvalue weighted by Crippen LogP contribution is -2.35. The number of nitrogens with zero attached hydrogens (tertiary/aromatic N) is 4. The lowest BCUT2D eigenvalue weighted by molar-refractivity contribution is 0.0408. The Labute approximate surface area is 151 Å². The SMILES string of the molecule is CN1CCC(Oc2cccc3c2nnn3OC(=O)c2ccccc2)CC1. The van der Waals surface area contributed by atoms with Gasteiger partial charge in [0.05, 0.1) is 5.56 Å². The van der Waals surface area contributed by atoms with Crippen LogP contribution in [0.1, 0.15) is 23.2 Å². The van der Waals surface area contributed by atoms with Crippen LogP contribution in [0.5, 0.6) is 5.75 Å². The average Bonchev–Trinajstić information content (AvgIpc) is 3.08. The fraction of sp³-hybridized carbons (Fsp3) is 0.316. The number of hydrogen-bond donors (Lipinski definition) is 0. The van der Waals surface area contributed by atoms with Crippen molar-refractivity contribution >= 4 is 17.0 Å². The van der Waals surface area contributed by atoms with Crippen LogP contribution in [0, 0.1) is 0 Å². The zero-order valence-corrected chi connectivity index (χ0v) is 14.5. The molecule has 26 heavy (non-hydrogen) atoms. The average molecular weight is 352 g/mol. The molecule has 1 aliphatic heterocycles. The van der Waals surface area contributed by atoms with Gasteiger partial charge in [-0.25, -0.2) is 4.79 Å². The minimum absolute atomic E-state index is 0.161. The van der Waals surface area contributed by atoms with Gasteiger partial charge in [0.2, 0.25) is 0 Å². The lowest BCUT2D eigenvalue weighted by atomic mass is 10.1. The van der Waals surface area contributed by atoms with E-state index in [1.54, 1.807) is 30.3 Å². The third-order valence-electron chi connectivity index (χ3n) is 4.55. The molecule has 0 N–H and O–H groups in total. The molecule has 0 bridgehead atoms. The van der Waals surface area contributed by atoms with Gasteiger partial charge in [-0.1, -0.05) is 29.1 Å². The topological polar surface area (TPSA) is 69.5 Å². The highest BCUT2D eigenvalue weighted by molar-refractivity contribution is 5.90. The number of hydrogen-bond acceptors (Lipinski definition) is 6. The Morgan fingerprint density at radius 3 is 2.62 bits per heavy atom. The minimum atomic E-state index is -0.487. The van der Waals surface area contributed by atoms with Gasteiger partial charge in [-0.15, -0.1) is 5.10 Å². The Morgan fingerprint density at radius 2 is 1.85 bits per heavy atom. The number of ether oxygens (including phenoxy) is 1. The van der Waals surface area contributed by atoms with Gasteiger partial charge in [0.1, 0.15) is 17.4 Å². The number of carbonyl (C=O) groups is 1. The maximum absolute atomic E-state index is 12.2. The summed E-state index contributed by atoms with van der Waals surface area (Å²) < 4.78 is 6.14. The number of aromatic nitrogens is 3. The Kier molecular flexibility index (Phi) is 4.53. The first-order valence-electron chi connectivity index (χ1n) is 8.68. The Balaban J connectivity index is 1.54. The van der Waals surface area contributed by atoms with Crippen molar-refractivity contribution in [1.29, 1.82) is 0 Å². The van der Waals surface area contributed by atoms with E-state index in [1.807, 2.05) is 18.2 Å². The molecule has 0 aliphatic carbocycles. The fourth-order valence-electron chi connectivity index (χ4n) is 3.05. The van der Waals surface area contributed by atoms with Crippen LogP contribution < -0.4 is 9.57 Å². The van der Waals surface area contributed by atoms with E-state index in [-0.39, 0.29) is 6.10 Å². The largest absolute Gasteiger partial charge is 0.488 e. The molecule has 2 aromatic carbocycles. The number of likely N-dealkylation sites (tertiary alicyclic amines) is 1. The molecule has 0 radical (unpaired) electrons. The monoisotopic (exact) mass is 352 g/mol. The van der Waals surface area contributed by atoms with Crippen molar-refractivity contribution in [2.75, 3.05) is 20.1 Å². The van der Waals surface area contributed by atoms with Crippen molar-refractivity contribution in [3.05, 3.63) is 54.1 Å². The maximum atomic E-state index is 12.2. The summed E-state index contributed by atoms with van der Waals surface area (Å²) in [6.45, 7) is 2.03. The van der Waals surface area contributed by atoms with Gasteiger partial charge in [-0.2, -0.15) is 0 Å². The summed E-state index contributed by atoms with van der Waals surface area (Å²) in [4.78, 5) is 21.0. The van der Waals surface area contributed by atoms with E-state index < -0.39 is 5.97 Å². The van der Waals surface area contributed by atoms with E-state index in [9.17, 15) is 4.79 Å². The van der Waals surface area contributed by atoms with Gasteiger partial charge in [-0.3, -0.25) is 0 Å². The molecule has 1 fully saturated rings. The number of piperidine rings is 1. The van der Waals surface area contributed by atoms with Crippen LogP contribution >= 0.6 is 0 Å². The minimum Gasteiger partial charge on any atom is -0.488 e. The second kappa shape index (κ2) is 7.13. The van der Waals surface area contributed by atoms with E-state index in [1.165, 1.54) is 0 Å². The van der Waals surface area contributed by atoms with Crippen molar-refractivity contribution in [2.24, 2.45) is 0 Å². The number of carbonyl (C=O) groups excluding carboxylic acids is 1. The third kappa shape index (κ3) is 3.39. The first-order chi connectivity index (χ1) is 12.7. The van der Waals surface area contributed by atoms with Gasteiger partial charge >= 0.3 is 5.97 Å². The van der Waals surface area contributed by atoms with Crippen LogP contribution in [0.4, 0.5) is 0 Å². The Morgan fingerprint density at radius 1 is 1.08 bits per heavy atom. The molecule has 134 valence electrons. The van der Waals surface area contributed by atoms with Crippen LogP contribution in [0.3, 0.4) is 0 Å². The van der Waals surface area contributed by atoms with Gasteiger partial charge in [0.15, 0.2) is 5.52 Å². The van der Waals surface area contributed by atoms with Crippen LogP contribution in [-0.4, -0.2) is 52.3 Å². The van der Waals surface area contributed by atoms with E-state index in [2.05, 4.69) is 22.3 Å². The molecule has 0 saturated carbocycles. The first-order valence-corrected chi connectivity index (χ1v) is 8.68. The highest BCUT2D eigenvalue weighted by Crippen LogP contribution is 2.26. The molecular weight excluding hydrogens is 332 g/mol. The Bertz CT molecular complexity index is 902. The summed E-state index contributed by atoms with van der Waals surface area (Å²) in [7, 11) is 2.11. The van der Waals surface area contributed by atoms with Crippen LogP contribution in [-0.2, 0) is 0 Å². The van der Waals surface area contributed by atoms with E-state index in [0.717, 1.165) is 30.8 Å². The van der Waals surface area contributed by atoms with Crippen molar-refractivity contribution in [3.8, 4) is 5.75 Å². The van der Waals surface area contributed by atoms with E-state index in [4.69, 9.17) is 9.57 Å². The van der Waals surface area contributed by atoms with Crippen LogP contribution in [0.2, 0.25) is 0 Å². The van der Waals surface area contributed by atoms with Crippen molar-refractivity contribution in [2.45, 2.75) is 18.9 Å². The first kappa shape index (κ1) is 16.5. The molecule has 0 spiro atoms. The quantitative estimate of drug-likeness (QED) is 0.671. The smallest absolute Gasteiger partial charge is 0.365 e. The molecule has 0 amide bonds. The molecule has 2 heterocycles. The Hall–Kier alpha value is -2.93. The predicted molar refractivity (Wildman–Crippen MR) is 96.0 cm³/mol. The van der Waals surface area contributed by atoms with Crippen molar-refractivity contribution in [3.63, 3.8) is 0 Å². The summed E-state index contributed by atoms with van der Waals surface area (Å²) in [6, 6.07) is 14.3. The molecule has 3 aromatic rings. The standard InChI is InChI=1S/C19H20N4O3/c1-22-12-10-15(11-13-22)25-17-9-5-8-16-18(17)20-21-23(16)26-19(24)14-6-3-2-4-7-14/h2-9,15H,10-13H2,1H3. The molecule has 0 atom stereocenters. The van der Waals surface area contributed by atoms with Gasteiger partial charge in [-0.05, 0) is 49.4 Å². The lowest BCUT2D eigenvalue weighted by Gasteiger charge is -2.29. The summed E-state index contributed by atoms with van der Waals surface area (Å²) in [5.41, 5.74) is 1.64. The summed E-state index contributed by atoms with van der Waals surface area (Å²) in [5.74, 6) is 0.179. The summed E-state index contributed by atoms with van der Waals surface area (Å²) in [5, 5.41) is 8.11. The second-order valence-electron chi connectivity index (χ2n) is 6.45. The van der Waals surface area contributed by atoms with Gasteiger partial charge in [0.25, 0.3) is 0 Å². The second-order valence-corrected chi connectivity index (χ2v) is 6.45. The summed E-state index contributed by atoms with van der Waals surface area (Å²) in [6.07, 6.45) is 2.11. The molecular formula is C19H20N4O3. The van der Waals surface area contributed by atoms with E-state index in [0.29, 0.717) is 22.3 Å².